The van der Waals surface area contributed by atoms with Crippen molar-refractivity contribution in [2.45, 2.75) is 24.1 Å². The van der Waals surface area contributed by atoms with E-state index in [0.29, 0.717) is 22.9 Å². The van der Waals surface area contributed by atoms with Crippen LogP contribution in [0, 0.1) is 11.7 Å². The normalized spacial score (nSPS) is 23.1. The van der Waals surface area contributed by atoms with Crippen molar-refractivity contribution in [3.05, 3.63) is 34.1 Å². The maximum absolute atomic E-state index is 13.3. The topological polar surface area (TPSA) is 29.1 Å². The van der Waals surface area contributed by atoms with E-state index in [4.69, 9.17) is 0 Å². The Balaban J connectivity index is 1.94. The van der Waals surface area contributed by atoms with Gasteiger partial charge in [-0.05, 0) is 53.2 Å². The third-order valence-electron chi connectivity index (χ3n) is 3.22. The Morgan fingerprint density at radius 1 is 1.44 bits per heavy atom. The van der Waals surface area contributed by atoms with Crippen molar-refractivity contribution in [1.82, 2.24) is 5.32 Å². The lowest BCUT2D eigenvalue weighted by Crippen LogP contribution is -2.28. The first-order valence-electron chi connectivity index (χ1n) is 5.94. The zero-order valence-electron chi connectivity index (χ0n) is 9.76. The highest BCUT2D eigenvalue weighted by Gasteiger charge is 2.23. The molecule has 1 fully saturated rings. The van der Waals surface area contributed by atoms with Gasteiger partial charge in [-0.1, -0.05) is 22.0 Å². The Hall–Kier alpha value is -0.420. The van der Waals surface area contributed by atoms with Crippen LogP contribution in [0.15, 0.2) is 22.7 Å². The monoisotopic (exact) mass is 377 g/mol. The predicted molar refractivity (Wildman–Crippen MR) is 76.5 cm³/mol. The van der Waals surface area contributed by atoms with Crippen LogP contribution in [-0.2, 0) is 0 Å². The van der Waals surface area contributed by atoms with Gasteiger partial charge in [-0.25, -0.2) is 4.39 Å². The van der Waals surface area contributed by atoms with Crippen LogP contribution in [0.3, 0.4) is 0 Å². The third-order valence-corrected chi connectivity index (χ3v) is 4.86. The van der Waals surface area contributed by atoms with Crippen molar-refractivity contribution in [3.8, 4) is 0 Å². The molecule has 1 aromatic rings. The average molecular weight is 379 g/mol. The molecule has 5 heteroatoms. The first kappa shape index (κ1) is 14.0. The number of benzene rings is 1. The molecule has 1 aromatic carbocycles. The Morgan fingerprint density at radius 2 is 2.22 bits per heavy atom. The van der Waals surface area contributed by atoms with Crippen LogP contribution >= 0.6 is 31.9 Å². The van der Waals surface area contributed by atoms with E-state index < -0.39 is 5.82 Å². The van der Waals surface area contributed by atoms with Crippen LogP contribution in [0.5, 0.6) is 0 Å². The van der Waals surface area contributed by atoms with E-state index in [2.05, 4.69) is 37.2 Å². The summed E-state index contributed by atoms with van der Waals surface area (Å²) in [6, 6.07) is 4.48. The lowest BCUT2D eigenvalue weighted by molar-refractivity contribution is 0.0946. The highest BCUT2D eigenvalue weighted by Crippen LogP contribution is 2.30. The molecule has 2 unspecified atom stereocenters. The lowest BCUT2D eigenvalue weighted by Gasteiger charge is -2.11. The maximum atomic E-state index is 13.3. The molecule has 0 aliphatic heterocycles. The van der Waals surface area contributed by atoms with Gasteiger partial charge in [0.15, 0.2) is 0 Å². The van der Waals surface area contributed by atoms with Crippen molar-refractivity contribution < 1.29 is 9.18 Å². The van der Waals surface area contributed by atoms with Crippen molar-refractivity contribution in [2.75, 3.05) is 6.54 Å². The van der Waals surface area contributed by atoms with Crippen molar-refractivity contribution in [1.29, 1.82) is 0 Å². The van der Waals surface area contributed by atoms with Crippen molar-refractivity contribution >= 4 is 37.8 Å². The molecule has 0 heterocycles. The summed E-state index contributed by atoms with van der Waals surface area (Å²) in [5.74, 6) is -0.117. The van der Waals surface area contributed by atoms with E-state index in [1.807, 2.05) is 0 Å². The highest BCUT2D eigenvalue weighted by atomic mass is 79.9. The van der Waals surface area contributed by atoms with Crippen LogP contribution < -0.4 is 5.32 Å². The zero-order valence-corrected chi connectivity index (χ0v) is 12.9. The predicted octanol–water partition coefficient (Wildman–Crippen LogP) is 3.88. The Kier molecular flexibility index (Phi) is 4.78. The summed E-state index contributed by atoms with van der Waals surface area (Å²) in [7, 11) is 0. The lowest BCUT2D eigenvalue weighted by atomic mass is 10.1. The van der Waals surface area contributed by atoms with Gasteiger partial charge in [-0.2, -0.15) is 0 Å². The minimum absolute atomic E-state index is 0.223. The minimum Gasteiger partial charge on any atom is -0.352 e. The van der Waals surface area contributed by atoms with Crippen LogP contribution in [0.25, 0.3) is 0 Å². The molecule has 2 atom stereocenters. The summed E-state index contributed by atoms with van der Waals surface area (Å²) < 4.78 is 13.5. The molecule has 1 N–H and O–H groups in total. The summed E-state index contributed by atoms with van der Waals surface area (Å²) in [4.78, 5) is 12.5. The number of amides is 1. The zero-order chi connectivity index (χ0) is 13.1. The van der Waals surface area contributed by atoms with E-state index in [0.717, 1.165) is 19.3 Å². The molecular weight excluding hydrogens is 365 g/mol. The van der Waals surface area contributed by atoms with E-state index in [1.165, 1.54) is 6.07 Å². The molecule has 1 aliphatic rings. The fourth-order valence-electron chi connectivity index (χ4n) is 2.21. The summed E-state index contributed by atoms with van der Waals surface area (Å²) >= 11 is 6.68. The van der Waals surface area contributed by atoms with E-state index in [1.54, 1.807) is 12.1 Å². The SMILES string of the molecule is O=C(NCC1CCC(Br)C1)c1cccc(F)c1Br. The Bertz CT molecular complexity index is 453. The van der Waals surface area contributed by atoms with Gasteiger partial charge in [-0.15, -0.1) is 0 Å². The number of nitrogens with one attached hydrogen (secondary N) is 1. The molecule has 0 radical (unpaired) electrons. The van der Waals surface area contributed by atoms with Gasteiger partial charge in [0, 0.05) is 11.4 Å². The molecule has 0 bridgehead atoms. The number of hydrogen-bond donors (Lipinski definition) is 1. The maximum Gasteiger partial charge on any atom is 0.252 e. The first-order valence-corrected chi connectivity index (χ1v) is 7.65. The number of carbonyl (C=O) groups is 1. The van der Waals surface area contributed by atoms with Gasteiger partial charge >= 0.3 is 0 Å². The van der Waals surface area contributed by atoms with E-state index >= 15 is 0 Å². The Morgan fingerprint density at radius 3 is 2.89 bits per heavy atom. The van der Waals surface area contributed by atoms with Crippen LogP contribution in [0.1, 0.15) is 29.6 Å². The van der Waals surface area contributed by atoms with Gasteiger partial charge in [-0.3, -0.25) is 4.79 Å². The number of halogens is 3. The summed E-state index contributed by atoms with van der Waals surface area (Å²) in [6.45, 7) is 0.657. The third kappa shape index (κ3) is 3.32. The molecule has 2 rings (SSSR count). The number of alkyl halides is 1. The average Bonchev–Trinajstić information content (AvgIpc) is 2.76. The van der Waals surface area contributed by atoms with Crippen LogP contribution in [-0.4, -0.2) is 17.3 Å². The second-order valence-corrected chi connectivity index (χ2v) is 6.68. The molecule has 0 spiro atoms. The molecule has 1 aliphatic carbocycles. The van der Waals surface area contributed by atoms with Gasteiger partial charge in [0.2, 0.25) is 0 Å². The summed E-state index contributed by atoms with van der Waals surface area (Å²) in [6.07, 6.45) is 3.37. The second-order valence-electron chi connectivity index (χ2n) is 4.59. The number of hydrogen-bond acceptors (Lipinski definition) is 1. The van der Waals surface area contributed by atoms with Crippen LogP contribution in [0.2, 0.25) is 0 Å². The van der Waals surface area contributed by atoms with Gasteiger partial charge < -0.3 is 5.32 Å². The summed E-state index contributed by atoms with van der Waals surface area (Å²) in [5.41, 5.74) is 0.350. The molecule has 98 valence electrons. The summed E-state index contributed by atoms with van der Waals surface area (Å²) in [5, 5.41) is 2.87. The molecule has 18 heavy (non-hydrogen) atoms. The van der Waals surface area contributed by atoms with Gasteiger partial charge in [0.1, 0.15) is 5.82 Å². The number of carbonyl (C=O) groups excluding carboxylic acids is 1. The fourth-order valence-corrected chi connectivity index (χ4v) is 3.45. The first-order chi connectivity index (χ1) is 8.58. The van der Waals surface area contributed by atoms with Crippen molar-refractivity contribution in [2.24, 2.45) is 5.92 Å². The van der Waals surface area contributed by atoms with Crippen molar-refractivity contribution in [3.63, 3.8) is 0 Å². The molecule has 1 amide bonds. The van der Waals surface area contributed by atoms with Gasteiger partial charge in [0.25, 0.3) is 5.91 Å². The fraction of sp³-hybridized carbons (Fsp3) is 0.462. The molecule has 1 saturated carbocycles. The van der Waals surface area contributed by atoms with Gasteiger partial charge in [0.05, 0.1) is 10.0 Å². The largest absolute Gasteiger partial charge is 0.352 e. The quantitative estimate of drug-likeness (QED) is 0.794. The molecular formula is C13H14Br2FNO. The van der Waals surface area contributed by atoms with E-state index in [9.17, 15) is 9.18 Å². The molecule has 0 saturated heterocycles. The Labute approximate surface area is 123 Å². The van der Waals surface area contributed by atoms with E-state index in [-0.39, 0.29) is 10.4 Å². The number of rotatable bonds is 3. The highest BCUT2D eigenvalue weighted by molar-refractivity contribution is 9.10. The van der Waals surface area contributed by atoms with Crippen LogP contribution in [0.4, 0.5) is 4.39 Å². The molecule has 0 aromatic heterocycles. The second kappa shape index (κ2) is 6.15. The minimum atomic E-state index is -0.413. The smallest absolute Gasteiger partial charge is 0.252 e. The molecule has 2 nitrogen and oxygen atoms in total. The standard InChI is InChI=1S/C13H14Br2FNO/c14-9-5-4-8(6-9)7-17-13(18)10-2-1-3-11(16)12(10)15/h1-3,8-9H,4-7H2,(H,17,18).